The van der Waals surface area contributed by atoms with Crippen molar-refractivity contribution < 1.29 is 9.53 Å². The Kier molecular flexibility index (Phi) is 4.95. The zero-order valence-corrected chi connectivity index (χ0v) is 13.0. The number of hydrogen-bond donors (Lipinski definition) is 1. The first-order valence-electron chi connectivity index (χ1n) is 7.14. The van der Waals surface area contributed by atoms with Gasteiger partial charge in [0.1, 0.15) is 0 Å². The Labute approximate surface area is 130 Å². The molecule has 1 unspecified atom stereocenters. The minimum Gasteiger partial charge on any atom is -0.466 e. The normalized spacial score (nSPS) is 17.8. The van der Waals surface area contributed by atoms with Crippen LogP contribution in [0.1, 0.15) is 25.8 Å². The van der Waals surface area contributed by atoms with Gasteiger partial charge in [-0.25, -0.2) is 4.79 Å². The summed E-state index contributed by atoms with van der Waals surface area (Å²) < 4.78 is 4.89. The molecule has 22 heavy (non-hydrogen) atoms. The van der Waals surface area contributed by atoms with Crippen LogP contribution in [0.2, 0.25) is 0 Å². The van der Waals surface area contributed by atoms with Crippen LogP contribution in [-0.4, -0.2) is 18.1 Å². The highest BCUT2D eigenvalue weighted by atomic mass is 16.5. The van der Waals surface area contributed by atoms with Crippen molar-refractivity contribution in [2.45, 2.75) is 26.7 Å². The number of nitrogens with zero attached hydrogens (tertiary/aromatic N) is 2. The molecule has 2 heterocycles. The minimum absolute atomic E-state index is 0.251. The molecule has 1 aliphatic heterocycles. The lowest BCUT2D eigenvalue weighted by atomic mass is 9.82. The third-order valence-electron chi connectivity index (χ3n) is 3.85. The Morgan fingerprint density at radius 1 is 1.45 bits per heavy atom. The van der Waals surface area contributed by atoms with Gasteiger partial charge in [0, 0.05) is 29.7 Å². The molecule has 0 saturated carbocycles. The summed E-state index contributed by atoms with van der Waals surface area (Å²) in [7, 11) is 1.36. The second-order valence-electron chi connectivity index (χ2n) is 5.26. The Balaban J connectivity index is 2.30. The monoisotopic (exact) mass is 297 g/mol. The summed E-state index contributed by atoms with van der Waals surface area (Å²) in [6, 6.07) is 6.10. The summed E-state index contributed by atoms with van der Waals surface area (Å²) in [5, 5.41) is 12.5. The summed E-state index contributed by atoms with van der Waals surface area (Å²) in [5.41, 5.74) is 3.75. The standard InChI is InChI=1S/C17H19N3O2/c1-11-15(9-18)14(7-6-13-5-4-8-19-10-13)16(12(2)20-11)17(21)22-3/h4-5,8,10,14,20H,6-7H2,1-3H3. The van der Waals surface area contributed by atoms with Gasteiger partial charge in [-0.1, -0.05) is 6.07 Å². The van der Waals surface area contributed by atoms with Crippen LogP contribution in [0, 0.1) is 17.2 Å². The minimum atomic E-state index is -0.388. The maximum Gasteiger partial charge on any atom is 0.336 e. The van der Waals surface area contributed by atoms with Crippen LogP contribution in [-0.2, 0) is 16.0 Å². The van der Waals surface area contributed by atoms with Crippen LogP contribution >= 0.6 is 0 Å². The highest BCUT2D eigenvalue weighted by Gasteiger charge is 2.32. The molecule has 0 bridgehead atoms. The van der Waals surface area contributed by atoms with E-state index in [4.69, 9.17) is 4.74 Å². The molecule has 0 radical (unpaired) electrons. The highest BCUT2D eigenvalue weighted by molar-refractivity contribution is 5.91. The van der Waals surface area contributed by atoms with Crippen LogP contribution in [0.5, 0.6) is 0 Å². The molecule has 1 aromatic heterocycles. The number of nitrogens with one attached hydrogen (secondary N) is 1. The van der Waals surface area contributed by atoms with Crippen molar-refractivity contribution in [2.24, 2.45) is 5.92 Å². The van der Waals surface area contributed by atoms with Gasteiger partial charge in [-0.2, -0.15) is 5.26 Å². The quantitative estimate of drug-likeness (QED) is 0.864. The third kappa shape index (κ3) is 3.17. The molecule has 1 N–H and O–H groups in total. The maximum atomic E-state index is 12.1. The number of nitriles is 1. The summed E-state index contributed by atoms with van der Waals surface area (Å²) in [6.45, 7) is 3.69. The van der Waals surface area contributed by atoms with Gasteiger partial charge in [0.05, 0.1) is 24.3 Å². The van der Waals surface area contributed by atoms with Crippen LogP contribution < -0.4 is 5.32 Å². The molecular formula is C17H19N3O2. The number of carbonyl (C=O) groups excluding carboxylic acids is 1. The average molecular weight is 297 g/mol. The lowest BCUT2D eigenvalue weighted by Gasteiger charge is -2.27. The fourth-order valence-corrected chi connectivity index (χ4v) is 2.80. The zero-order valence-electron chi connectivity index (χ0n) is 13.0. The Bertz CT molecular complexity index is 669. The van der Waals surface area contributed by atoms with Gasteiger partial charge in [-0.05, 0) is 38.3 Å². The molecule has 5 nitrogen and oxygen atoms in total. The molecular weight excluding hydrogens is 278 g/mol. The van der Waals surface area contributed by atoms with Gasteiger partial charge in [0.15, 0.2) is 0 Å². The van der Waals surface area contributed by atoms with E-state index < -0.39 is 0 Å². The second-order valence-corrected chi connectivity index (χ2v) is 5.26. The van der Waals surface area contributed by atoms with Crippen molar-refractivity contribution >= 4 is 5.97 Å². The van der Waals surface area contributed by atoms with Crippen molar-refractivity contribution in [3.05, 3.63) is 52.6 Å². The lowest BCUT2D eigenvalue weighted by molar-refractivity contribution is -0.136. The van der Waals surface area contributed by atoms with E-state index in [0.29, 0.717) is 17.6 Å². The zero-order chi connectivity index (χ0) is 16.1. The van der Waals surface area contributed by atoms with E-state index in [1.165, 1.54) is 7.11 Å². The number of rotatable bonds is 4. The predicted molar refractivity (Wildman–Crippen MR) is 82.2 cm³/mol. The van der Waals surface area contributed by atoms with E-state index in [2.05, 4.69) is 16.4 Å². The van der Waals surface area contributed by atoms with Crippen molar-refractivity contribution in [1.29, 1.82) is 5.26 Å². The molecule has 5 heteroatoms. The molecule has 1 aromatic rings. The number of ether oxygens (including phenoxy) is 1. The van der Waals surface area contributed by atoms with Gasteiger partial charge in [0.25, 0.3) is 0 Å². The van der Waals surface area contributed by atoms with E-state index in [-0.39, 0.29) is 11.9 Å². The topological polar surface area (TPSA) is 75.0 Å². The van der Waals surface area contributed by atoms with Crippen molar-refractivity contribution in [3.63, 3.8) is 0 Å². The smallest absolute Gasteiger partial charge is 0.336 e. The van der Waals surface area contributed by atoms with E-state index in [9.17, 15) is 10.1 Å². The lowest BCUT2D eigenvalue weighted by Crippen LogP contribution is -2.29. The van der Waals surface area contributed by atoms with E-state index in [0.717, 1.165) is 23.4 Å². The van der Waals surface area contributed by atoms with Crippen molar-refractivity contribution in [1.82, 2.24) is 10.3 Å². The number of carbonyl (C=O) groups is 1. The molecule has 0 aliphatic carbocycles. The Morgan fingerprint density at radius 2 is 2.23 bits per heavy atom. The Hall–Kier alpha value is -2.61. The molecule has 0 fully saturated rings. The maximum absolute atomic E-state index is 12.1. The summed E-state index contributed by atoms with van der Waals surface area (Å²) in [5.74, 6) is -0.639. The summed E-state index contributed by atoms with van der Waals surface area (Å²) in [4.78, 5) is 16.2. The van der Waals surface area contributed by atoms with E-state index >= 15 is 0 Å². The van der Waals surface area contributed by atoms with Crippen LogP contribution in [0.4, 0.5) is 0 Å². The van der Waals surface area contributed by atoms with Crippen molar-refractivity contribution in [2.75, 3.05) is 7.11 Å². The predicted octanol–water partition coefficient (Wildman–Crippen LogP) is 2.48. The molecule has 0 aromatic carbocycles. The summed E-state index contributed by atoms with van der Waals surface area (Å²) in [6.07, 6.45) is 4.93. The first kappa shape index (κ1) is 15.8. The first-order chi connectivity index (χ1) is 10.6. The molecule has 0 saturated heterocycles. The Morgan fingerprint density at radius 3 is 2.82 bits per heavy atom. The highest BCUT2D eigenvalue weighted by Crippen LogP contribution is 2.33. The molecule has 0 spiro atoms. The van der Waals surface area contributed by atoms with Crippen LogP contribution in [0.3, 0.4) is 0 Å². The second kappa shape index (κ2) is 6.90. The third-order valence-corrected chi connectivity index (χ3v) is 3.85. The average Bonchev–Trinajstić information content (AvgIpc) is 2.53. The van der Waals surface area contributed by atoms with Crippen LogP contribution in [0.15, 0.2) is 47.1 Å². The van der Waals surface area contributed by atoms with Gasteiger partial charge in [-0.3, -0.25) is 4.98 Å². The number of allylic oxidation sites excluding steroid dienone is 3. The number of aryl methyl sites for hydroxylation is 1. The van der Waals surface area contributed by atoms with Crippen LogP contribution in [0.25, 0.3) is 0 Å². The molecule has 2 rings (SSSR count). The SMILES string of the molecule is COC(=O)C1=C(C)NC(C)=C(C#N)C1CCc1cccnc1. The van der Waals surface area contributed by atoms with Gasteiger partial charge < -0.3 is 10.1 Å². The number of methoxy groups -OCH3 is 1. The molecule has 1 aliphatic rings. The largest absolute Gasteiger partial charge is 0.466 e. The molecule has 0 amide bonds. The number of hydrogen-bond acceptors (Lipinski definition) is 5. The number of aromatic nitrogens is 1. The number of pyridine rings is 1. The molecule has 114 valence electrons. The van der Waals surface area contributed by atoms with Gasteiger partial charge >= 0.3 is 5.97 Å². The van der Waals surface area contributed by atoms with Gasteiger partial charge in [0.2, 0.25) is 0 Å². The first-order valence-corrected chi connectivity index (χ1v) is 7.14. The van der Waals surface area contributed by atoms with Crippen molar-refractivity contribution in [3.8, 4) is 6.07 Å². The summed E-state index contributed by atoms with van der Waals surface area (Å²) >= 11 is 0. The number of dihydropyridines is 1. The van der Waals surface area contributed by atoms with E-state index in [1.807, 2.05) is 26.0 Å². The van der Waals surface area contributed by atoms with E-state index in [1.54, 1.807) is 12.4 Å². The number of esters is 1. The van der Waals surface area contributed by atoms with Gasteiger partial charge in [-0.15, -0.1) is 0 Å². The fourth-order valence-electron chi connectivity index (χ4n) is 2.80. The molecule has 1 atom stereocenters. The fraction of sp³-hybridized carbons (Fsp3) is 0.353.